The van der Waals surface area contributed by atoms with Crippen molar-refractivity contribution in [2.24, 2.45) is 11.3 Å². The summed E-state index contributed by atoms with van der Waals surface area (Å²) in [6.07, 6.45) is 10.6. The maximum absolute atomic E-state index is 12.7. The van der Waals surface area contributed by atoms with Gasteiger partial charge in [-0.1, -0.05) is 61.9 Å². The molecule has 0 bridgehead atoms. The van der Waals surface area contributed by atoms with Crippen LogP contribution in [0.25, 0.3) is 0 Å². The maximum atomic E-state index is 12.7. The van der Waals surface area contributed by atoms with E-state index in [1.165, 1.54) is 32.1 Å². The molecule has 2 unspecified atom stereocenters. The molecule has 2 saturated carbocycles. The lowest BCUT2D eigenvalue weighted by Crippen LogP contribution is -2.56. The first-order valence-electron chi connectivity index (χ1n) is 7.88. The highest BCUT2D eigenvalue weighted by Crippen LogP contribution is 2.39. The van der Waals surface area contributed by atoms with Crippen LogP contribution in [-0.4, -0.2) is 16.8 Å². The average Bonchev–Trinajstić information content (AvgIpc) is 2.39. The number of carbonyl (C=O) groups excluding carboxylic acids is 1. The summed E-state index contributed by atoms with van der Waals surface area (Å²) in [5.41, 5.74) is -0.108. The number of nitrogens with one attached hydrogen (secondary N) is 1. The van der Waals surface area contributed by atoms with Gasteiger partial charge in [0.15, 0.2) is 0 Å². The molecule has 19 heavy (non-hydrogen) atoms. The molecule has 0 aromatic carbocycles. The van der Waals surface area contributed by atoms with Gasteiger partial charge in [0.25, 0.3) is 0 Å². The highest BCUT2D eigenvalue weighted by Gasteiger charge is 2.41. The molecule has 3 heteroatoms. The van der Waals surface area contributed by atoms with Crippen LogP contribution >= 0.6 is 15.9 Å². The van der Waals surface area contributed by atoms with E-state index in [1.54, 1.807) is 0 Å². The first kappa shape index (κ1) is 15.3. The van der Waals surface area contributed by atoms with Gasteiger partial charge in [-0.3, -0.25) is 4.79 Å². The molecule has 2 aliphatic carbocycles. The highest BCUT2D eigenvalue weighted by molar-refractivity contribution is 9.09. The predicted octanol–water partition coefficient (Wildman–Crippen LogP) is 4.42. The van der Waals surface area contributed by atoms with Crippen molar-refractivity contribution in [1.82, 2.24) is 5.32 Å². The van der Waals surface area contributed by atoms with Crippen LogP contribution in [0.4, 0.5) is 0 Å². The van der Waals surface area contributed by atoms with E-state index < -0.39 is 0 Å². The molecular formula is C16H28BrNO. The van der Waals surface area contributed by atoms with Gasteiger partial charge in [0.1, 0.15) is 0 Å². The third-order valence-electron chi connectivity index (χ3n) is 5.23. The van der Waals surface area contributed by atoms with Crippen LogP contribution in [0.2, 0.25) is 0 Å². The first-order chi connectivity index (χ1) is 9.00. The zero-order chi connectivity index (χ0) is 13.9. The Morgan fingerprint density at radius 3 is 2.47 bits per heavy atom. The molecule has 2 nitrogen and oxygen atoms in total. The first-order valence-corrected chi connectivity index (χ1v) is 9.00. The summed E-state index contributed by atoms with van der Waals surface area (Å²) in [7, 11) is 0. The molecule has 0 radical (unpaired) electrons. The number of rotatable bonds is 3. The van der Waals surface area contributed by atoms with E-state index in [2.05, 4.69) is 35.1 Å². The molecule has 0 aromatic rings. The van der Waals surface area contributed by atoms with E-state index in [-0.39, 0.29) is 11.0 Å². The zero-order valence-corrected chi connectivity index (χ0v) is 14.0. The fourth-order valence-electron chi connectivity index (χ4n) is 3.88. The number of hydrogen-bond donors (Lipinski definition) is 1. The van der Waals surface area contributed by atoms with Crippen molar-refractivity contribution < 1.29 is 4.79 Å². The van der Waals surface area contributed by atoms with Crippen molar-refractivity contribution in [2.75, 3.05) is 5.33 Å². The Kier molecular flexibility index (Phi) is 4.97. The fraction of sp³-hybridized carbons (Fsp3) is 0.938. The van der Waals surface area contributed by atoms with E-state index in [4.69, 9.17) is 0 Å². The van der Waals surface area contributed by atoms with Gasteiger partial charge in [-0.25, -0.2) is 0 Å². The Morgan fingerprint density at radius 2 is 1.89 bits per heavy atom. The molecule has 0 heterocycles. The molecule has 0 aliphatic heterocycles. The Labute approximate surface area is 126 Å². The molecule has 0 saturated heterocycles. The van der Waals surface area contributed by atoms with Gasteiger partial charge in [0, 0.05) is 16.3 Å². The summed E-state index contributed by atoms with van der Waals surface area (Å²) in [5.74, 6) is 1.03. The van der Waals surface area contributed by atoms with Gasteiger partial charge in [0.05, 0.1) is 0 Å². The number of amides is 1. The molecule has 2 aliphatic rings. The Hall–Kier alpha value is -0.0500. The van der Waals surface area contributed by atoms with E-state index >= 15 is 0 Å². The lowest BCUT2D eigenvalue weighted by atomic mass is 9.73. The van der Waals surface area contributed by atoms with Gasteiger partial charge in [0.2, 0.25) is 5.91 Å². The summed E-state index contributed by atoms with van der Waals surface area (Å²) in [6, 6.07) is 0. The SMILES string of the molecule is CC1CCCC(CBr)(NC(=O)C2(C)CCCCC2)C1. The second kappa shape index (κ2) is 6.15. The van der Waals surface area contributed by atoms with Crippen molar-refractivity contribution in [3.05, 3.63) is 0 Å². The van der Waals surface area contributed by atoms with E-state index in [9.17, 15) is 4.79 Å². The molecule has 1 N–H and O–H groups in total. The number of alkyl halides is 1. The second-order valence-corrected chi connectivity index (χ2v) is 7.75. The minimum Gasteiger partial charge on any atom is -0.349 e. The van der Waals surface area contributed by atoms with E-state index in [0.717, 1.165) is 36.9 Å². The molecule has 1 amide bonds. The summed E-state index contributed by atoms with van der Waals surface area (Å²) in [4.78, 5) is 12.7. The largest absolute Gasteiger partial charge is 0.349 e. The van der Waals surface area contributed by atoms with Crippen molar-refractivity contribution >= 4 is 21.8 Å². The lowest BCUT2D eigenvalue weighted by Gasteiger charge is -2.43. The Bertz CT molecular complexity index is 325. The average molecular weight is 330 g/mol. The number of carbonyl (C=O) groups is 1. The van der Waals surface area contributed by atoms with E-state index in [0.29, 0.717) is 5.91 Å². The molecule has 2 fully saturated rings. The number of hydrogen-bond acceptors (Lipinski definition) is 1. The predicted molar refractivity (Wildman–Crippen MR) is 83.5 cm³/mol. The summed E-state index contributed by atoms with van der Waals surface area (Å²) in [6.45, 7) is 4.47. The maximum Gasteiger partial charge on any atom is 0.226 e. The van der Waals surface area contributed by atoms with Gasteiger partial charge in [-0.2, -0.15) is 0 Å². The fourth-order valence-corrected chi connectivity index (χ4v) is 4.53. The quantitative estimate of drug-likeness (QED) is 0.763. The van der Waals surface area contributed by atoms with Crippen LogP contribution in [0.5, 0.6) is 0 Å². The van der Waals surface area contributed by atoms with Crippen LogP contribution < -0.4 is 5.32 Å². The summed E-state index contributed by atoms with van der Waals surface area (Å²) >= 11 is 3.65. The molecular weight excluding hydrogens is 302 g/mol. The monoisotopic (exact) mass is 329 g/mol. The summed E-state index contributed by atoms with van der Waals surface area (Å²) < 4.78 is 0. The van der Waals surface area contributed by atoms with Gasteiger partial charge in [-0.15, -0.1) is 0 Å². The van der Waals surface area contributed by atoms with Crippen LogP contribution in [0.1, 0.15) is 71.6 Å². The standard InChI is InChI=1S/C16H28BrNO/c1-13-7-6-10-16(11-13,12-17)18-14(19)15(2)8-4-3-5-9-15/h13H,3-12H2,1-2H3,(H,18,19). The zero-order valence-electron chi connectivity index (χ0n) is 12.4. The Balaban J connectivity index is 2.03. The molecule has 110 valence electrons. The van der Waals surface area contributed by atoms with Crippen molar-refractivity contribution in [3.8, 4) is 0 Å². The van der Waals surface area contributed by atoms with Crippen LogP contribution in [0.3, 0.4) is 0 Å². The van der Waals surface area contributed by atoms with Gasteiger partial charge in [-0.05, 0) is 31.6 Å². The minimum absolute atomic E-state index is 0.00913. The number of halogens is 1. The molecule has 0 aromatic heterocycles. The Morgan fingerprint density at radius 1 is 1.21 bits per heavy atom. The van der Waals surface area contributed by atoms with E-state index in [1.807, 2.05) is 0 Å². The highest BCUT2D eigenvalue weighted by atomic mass is 79.9. The summed E-state index contributed by atoms with van der Waals surface area (Å²) in [5, 5.41) is 4.33. The second-order valence-electron chi connectivity index (χ2n) is 7.19. The van der Waals surface area contributed by atoms with Gasteiger partial charge >= 0.3 is 0 Å². The van der Waals surface area contributed by atoms with Crippen LogP contribution in [0.15, 0.2) is 0 Å². The van der Waals surface area contributed by atoms with Gasteiger partial charge < -0.3 is 5.32 Å². The third kappa shape index (κ3) is 3.53. The van der Waals surface area contributed by atoms with Crippen molar-refractivity contribution in [2.45, 2.75) is 77.2 Å². The van der Waals surface area contributed by atoms with Crippen molar-refractivity contribution in [1.29, 1.82) is 0 Å². The minimum atomic E-state index is -0.117. The lowest BCUT2D eigenvalue weighted by molar-refractivity contribution is -0.134. The molecule has 2 atom stereocenters. The third-order valence-corrected chi connectivity index (χ3v) is 6.30. The van der Waals surface area contributed by atoms with Crippen LogP contribution in [0, 0.1) is 11.3 Å². The molecule has 2 rings (SSSR count). The molecule has 0 spiro atoms. The topological polar surface area (TPSA) is 29.1 Å². The normalized spacial score (nSPS) is 34.8. The van der Waals surface area contributed by atoms with Crippen molar-refractivity contribution in [3.63, 3.8) is 0 Å². The smallest absolute Gasteiger partial charge is 0.226 e. The van der Waals surface area contributed by atoms with Crippen LogP contribution in [-0.2, 0) is 4.79 Å².